The Hall–Kier alpha value is -3.51. The van der Waals surface area contributed by atoms with Crippen LogP contribution in [0.1, 0.15) is 23.2 Å². The molecule has 1 aliphatic heterocycles. The first-order valence-corrected chi connectivity index (χ1v) is 10.5. The zero-order valence-electron chi connectivity index (χ0n) is 17.3. The molecule has 0 bridgehead atoms. The van der Waals surface area contributed by atoms with E-state index in [1.165, 1.54) is 4.52 Å². The van der Waals surface area contributed by atoms with Gasteiger partial charge in [0.25, 0.3) is 11.5 Å². The lowest BCUT2D eigenvalue weighted by atomic mass is 10.0. The van der Waals surface area contributed by atoms with Crippen molar-refractivity contribution in [2.75, 3.05) is 20.3 Å². The minimum atomic E-state index is -0.238. The van der Waals surface area contributed by atoms with Crippen LogP contribution in [0.2, 0.25) is 0 Å². The molecule has 0 spiro atoms. The van der Waals surface area contributed by atoms with Crippen LogP contribution in [0.5, 0.6) is 0 Å². The molecular weight excluding hydrogens is 390 g/mol. The number of fused-ring (bicyclic) bond motifs is 3. The van der Waals surface area contributed by atoms with E-state index >= 15 is 0 Å². The first kappa shape index (κ1) is 19.5. The normalized spacial score (nSPS) is 16.3. The predicted molar refractivity (Wildman–Crippen MR) is 120 cm³/mol. The van der Waals surface area contributed by atoms with Crippen molar-refractivity contribution < 1.29 is 9.53 Å². The molecule has 3 heterocycles. The van der Waals surface area contributed by atoms with Crippen LogP contribution in [0.3, 0.4) is 0 Å². The molecule has 4 aromatic rings. The molecule has 31 heavy (non-hydrogen) atoms. The van der Waals surface area contributed by atoms with Crippen LogP contribution >= 0.6 is 0 Å². The summed E-state index contributed by atoms with van der Waals surface area (Å²) in [6.45, 7) is 1.18. The molecule has 0 N–H and O–H groups in total. The van der Waals surface area contributed by atoms with Crippen LogP contribution in [-0.4, -0.2) is 46.7 Å². The third-order valence-corrected chi connectivity index (χ3v) is 6.02. The number of carbonyl (C=O) groups excluding carboxylic acids is 1. The lowest BCUT2D eigenvalue weighted by molar-refractivity contribution is 0.0632. The Morgan fingerprint density at radius 1 is 1.13 bits per heavy atom. The zero-order chi connectivity index (χ0) is 21.4. The van der Waals surface area contributed by atoms with Gasteiger partial charge in [-0.15, -0.1) is 0 Å². The highest BCUT2D eigenvalue weighted by Gasteiger charge is 2.31. The van der Waals surface area contributed by atoms with Gasteiger partial charge in [-0.2, -0.15) is 9.61 Å². The zero-order valence-corrected chi connectivity index (χ0v) is 17.3. The SMILES string of the molecule is COC[C@H]1CCCN1C(=O)c1cc(-c2ccccc2)c(=O)n2ncc3ccccc3c12. The summed E-state index contributed by atoms with van der Waals surface area (Å²) in [5.41, 5.74) is 2.03. The Balaban J connectivity index is 1.80. The Bertz CT molecular complexity index is 1330. The van der Waals surface area contributed by atoms with E-state index in [-0.39, 0.29) is 17.5 Å². The third-order valence-electron chi connectivity index (χ3n) is 6.02. The molecule has 5 rings (SSSR count). The summed E-state index contributed by atoms with van der Waals surface area (Å²) in [6.07, 6.45) is 3.53. The number of nitrogens with zero attached hydrogens (tertiary/aromatic N) is 3. The topological polar surface area (TPSA) is 63.9 Å². The van der Waals surface area contributed by atoms with Crippen LogP contribution < -0.4 is 5.56 Å². The predicted octanol–water partition coefficient (Wildman–Crippen LogP) is 3.77. The molecule has 2 aromatic carbocycles. The van der Waals surface area contributed by atoms with Crippen molar-refractivity contribution in [3.8, 4) is 11.1 Å². The van der Waals surface area contributed by atoms with Crippen molar-refractivity contribution in [1.82, 2.24) is 14.5 Å². The van der Waals surface area contributed by atoms with Crippen LogP contribution in [-0.2, 0) is 4.74 Å². The second-order valence-corrected chi connectivity index (χ2v) is 7.89. The van der Waals surface area contributed by atoms with Crippen molar-refractivity contribution in [1.29, 1.82) is 0 Å². The Morgan fingerprint density at radius 2 is 1.90 bits per heavy atom. The molecule has 1 amide bonds. The number of likely N-dealkylation sites (tertiary alicyclic amines) is 1. The minimum Gasteiger partial charge on any atom is -0.383 e. The highest BCUT2D eigenvalue weighted by atomic mass is 16.5. The molecule has 1 atom stereocenters. The number of aromatic nitrogens is 2. The number of carbonyl (C=O) groups is 1. The Labute approximate surface area is 179 Å². The average Bonchev–Trinajstić information content (AvgIpc) is 3.28. The molecule has 0 radical (unpaired) electrons. The van der Waals surface area contributed by atoms with Gasteiger partial charge in [-0.3, -0.25) is 9.59 Å². The fraction of sp³-hybridized carbons (Fsp3) is 0.240. The first-order chi connectivity index (χ1) is 15.2. The summed E-state index contributed by atoms with van der Waals surface area (Å²) in [7, 11) is 1.66. The molecule has 6 heteroatoms. The highest BCUT2D eigenvalue weighted by molar-refractivity contribution is 6.09. The summed E-state index contributed by atoms with van der Waals surface area (Å²) >= 11 is 0. The van der Waals surface area contributed by atoms with E-state index < -0.39 is 0 Å². The van der Waals surface area contributed by atoms with Gasteiger partial charge < -0.3 is 9.64 Å². The van der Waals surface area contributed by atoms with Gasteiger partial charge in [-0.1, -0.05) is 54.6 Å². The van der Waals surface area contributed by atoms with Gasteiger partial charge in [0.05, 0.1) is 29.9 Å². The molecule has 2 aromatic heterocycles. The summed E-state index contributed by atoms with van der Waals surface area (Å²) in [6, 6.07) is 18.9. The first-order valence-electron chi connectivity index (χ1n) is 10.5. The number of hydrogen-bond donors (Lipinski definition) is 0. The van der Waals surface area contributed by atoms with Crippen LogP contribution in [0.25, 0.3) is 27.4 Å². The van der Waals surface area contributed by atoms with Gasteiger partial charge in [-0.25, -0.2) is 0 Å². The number of hydrogen-bond acceptors (Lipinski definition) is 4. The van der Waals surface area contributed by atoms with E-state index in [0.29, 0.717) is 29.8 Å². The van der Waals surface area contributed by atoms with Gasteiger partial charge in [0.2, 0.25) is 0 Å². The van der Waals surface area contributed by atoms with Gasteiger partial charge in [0, 0.05) is 30.0 Å². The summed E-state index contributed by atoms with van der Waals surface area (Å²) in [5, 5.41) is 6.15. The second kappa shape index (κ2) is 7.96. The van der Waals surface area contributed by atoms with Crippen LogP contribution in [0.4, 0.5) is 0 Å². The Morgan fingerprint density at radius 3 is 2.71 bits per heavy atom. The maximum atomic E-state index is 13.8. The van der Waals surface area contributed by atoms with Gasteiger partial charge in [0.1, 0.15) is 0 Å². The molecule has 0 saturated carbocycles. The lowest BCUT2D eigenvalue weighted by Crippen LogP contribution is -2.39. The van der Waals surface area contributed by atoms with E-state index in [4.69, 9.17) is 4.74 Å². The van der Waals surface area contributed by atoms with Crippen molar-refractivity contribution in [3.63, 3.8) is 0 Å². The smallest absolute Gasteiger partial charge is 0.279 e. The quantitative estimate of drug-likeness (QED) is 0.478. The van der Waals surface area contributed by atoms with Gasteiger partial charge >= 0.3 is 0 Å². The Kier molecular flexibility index (Phi) is 5.00. The summed E-state index contributed by atoms with van der Waals surface area (Å²) in [5.74, 6) is -0.0904. The highest BCUT2D eigenvalue weighted by Crippen LogP contribution is 2.28. The molecule has 1 saturated heterocycles. The van der Waals surface area contributed by atoms with Crippen LogP contribution in [0, 0.1) is 0 Å². The number of rotatable bonds is 4. The van der Waals surface area contributed by atoms with Gasteiger partial charge in [0.15, 0.2) is 0 Å². The second-order valence-electron chi connectivity index (χ2n) is 7.89. The van der Waals surface area contributed by atoms with E-state index in [0.717, 1.165) is 29.2 Å². The molecule has 156 valence electrons. The number of amides is 1. The summed E-state index contributed by atoms with van der Waals surface area (Å²) < 4.78 is 6.72. The molecular formula is C25H23N3O3. The third kappa shape index (κ3) is 3.29. The molecule has 0 aliphatic carbocycles. The summed E-state index contributed by atoms with van der Waals surface area (Å²) in [4.78, 5) is 29.1. The number of ether oxygens (including phenoxy) is 1. The number of benzene rings is 2. The van der Waals surface area contributed by atoms with E-state index in [1.807, 2.05) is 59.5 Å². The minimum absolute atomic E-state index is 0.0348. The fourth-order valence-corrected chi connectivity index (χ4v) is 4.53. The maximum Gasteiger partial charge on any atom is 0.279 e. The number of methoxy groups -OCH3 is 1. The molecule has 1 aliphatic rings. The monoisotopic (exact) mass is 413 g/mol. The maximum absolute atomic E-state index is 13.8. The van der Waals surface area contributed by atoms with E-state index in [9.17, 15) is 9.59 Å². The molecule has 1 fully saturated rings. The van der Waals surface area contributed by atoms with Crippen LogP contribution in [0.15, 0.2) is 71.7 Å². The van der Waals surface area contributed by atoms with Crippen molar-refractivity contribution in [3.05, 3.63) is 82.8 Å². The van der Waals surface area contributed by atoms with Crippen molar-refractivity contribution in [2.45, 2.75) is 18.9 Å². The largest absolute Gasteiger partial charge is 0.383 e. The lowest BCUT2D eigenvalue weighted by Gasteiger charge is -2.25. The van der Waals surface area contributed by atoms with Gasteiger partial charge in [-0.05, 0) is 24.5 Å². The number of pyridine rings is 1. The standard InChI is InChI=1S/C25H23N3O3/c1-31-16-19-11-7-13-27(19)24(29)22-14-21(17-8-3-2-4-9-17)25(30)28-23(22)20-12-6-5-10-18(20)15-26-28/h2-6,8-10,12,14-15,19H,7,11,13,16H2,1H3/t19-/m1/s1. The fourth-order valence-electron chi connectivity index (χ4n) is 4.53. The molecule has 6 nitrogen and oxygen atoms in total. The van der Waals surface area contributed by atoms with E-state index in [1.54, 1.807) is 19.4 Å². The van der Waals surface area contributed by atoms with E-state index in [2.05, 4.69) is 5.10 Å². The van der Waals surface area contributed by atoms with Crippen molar-refractivity contribution >= 4 is 22.2 Å². The molecule has 0 unspecified atom stereocenters. The van der Waals surface area contributed by atoms with Crippen molar-refractivity contribution in [2.24, 2.45) is 0 Å². The average molecular weight is 413 g/mol.